The zero-order chi connectivity index (χ0) is 20.5. The Morgan fingerprint density at radius 1 is 0.966 bits per heavy atom. The molecule has 1 aliphatic rings. The number of aryl methyl sites for hydroxylation is 2. The number of carbonyl (C=O) groups is 2. The van der Waals surface area contributed by atoms with Crippen molar-refractivity contribution in [3.8, 4) is 0 Å². The SMILES string of the molecule is Cc1ccc(C2=C(Sc3ccc(Cl)cc3)C(=O)N(Cc3ccco3)C2=O)cc1C. The molecule has 0 saturated heterocycles. The molecule has 0 radical (unpaired) electrons. The first-order valence-electron chi connectivity index (χ1n) is 9.08. The fourth-order valence-corrected chi connectivity index (χ4v) is 4.26. The van der Waals surface area contributed by atoms with Crippen molar-refractivity contribution in [1.29, 1.82) is 0 Å². The average molecular weight is 424 g/mol. The van der Waals surface area contributed by atoms with E-state index in [1.54, 1.807) is 24.3 Å². The van der Waals surface area contributed by atoms with Crippen LogP contribution < -0.4 is 0 Å². The molecule has 1 aliphatic heterocycles. The summed E-state index contributed by atoms with van der Waals surface area (Å²) in [6, 6.07) is 16.5. The molecule has 0 spiro atoms. The molecule has 0 fully saturated rings. The number of halogens is 1. The molecule has 0 unspecified atom stereocenters. The lowest BCUT2D eigenvalue weighted by Gasteiger charge is -2.13. The van der Waals surface area contributed by atoms with E-state index in [1.165, 1.54) is 22.9 Å². The summed E-state index contributed by atoms with van der Waals surface area (Å²) < 4.78 is 5.35. The van der Waals surface area contributed by atoms with E-state index in [-0.39, 0.29) is 18.4 Å². The van der Waals surface area contributed by atoms with Gasteiger partial charge in [-0.1, -0.05) is 41.6 Å². The summed E-state index contributed by atoms with van der Waals surface area (Å²) in [5.74, 6) is -0.0745. The maximum Gasteiger partial charge on any atom is 0.268 e. The molecule has 4 nitrogen and oxygen atoms in total. The minimum atomic E-state index is -0.320. The largest absolute Gasteiger partial charge is 0.467 e. The highest BCUT2D eigenvalue weighted by atomic mass is 35.5. The van der Waals surface area contributed by atoms with Gasteiger partial charge in [-0.25, -0.2) is 0 Å². The van der Waals surface area contributed by atoms with Crippen LogP contribution in [0.25, 0.3) is 5.57 Å². The Morgan fingerprint density at radius 2 is 1.72 bits per heavy atom. The van der Waals surface area contributed by atoms with Gasteiger partial charge in [0.25, 0.3) is 11.8 Å². The standard InChI is InChI=1S/C23H18ClNO3S/c1-14-5-6-16(12-15(14)2)20-21(29-19-9-7-17(24)8-10-19)23(27)25(22(20)26)13-18-4-3-11-28-18/h3-12H,13H2,1-2H3. The predicted molar refractivity (Wildman–Crippen MR) is 114 cm³/mol. The lowest BCUT2D eigenvalue weighted by atomic mass is 10.0. The topological polar surface area (TPSA) is 50.5 Å². The summed E-state index contributed by atoms with van der Waals surface area (Å²) >= 11 is 7.26. The van der Waals surface area contributed by atoms with E-state index in [1.807, 2.05) is 44.2 Å². The Kier molecular flexibility index (Phi) is 5.35. The van der Waals surface area contributed by atoms with E-state index in [0.717, 1.165) is 21.6 Å². The number of hydrogen-bond donors (Lipinski definition) is 0. The average Bonchev–Trinajstić information content (AvgIpc) is 3.29. The minimum absolute atomic E-state index is 0.101. The molecule has 0 aliphatic carbocycles. The number of nitrogens with zero attached hydrogens (tertiary/aromatic N) is 1. The van der Waals surface area contributed by atoms with Crippen molar-refractivity contribution in [3.05, 3.63) is 93.2 Å². The molecule has 0 saturated carbocycles. The number of hydrogen-bond acceptors (Lipinski definition) is 4. The van der Waals surface area contributed by atoms with Gasteiger partial charge in [0.2, 0.25) is 0 Å². The smallest absolute Gasteiger partial charge is 0.268 e. The van der Waals surface area contributed by atoms with Crippen molar-refractivity contribution in [1.82, 2.24) is 4.90 Å². The van der Waals surface area contributed by atoms with Crippen LogP contribution in [0.4, 0.5) is 0 Å². The van der Waals surface area contributed by atoms with Crippen molar-refractivity contribution in [3.63, 3.8) is 0 Å². The summed E-state index contributed by atoms with van der Waals surface area (Å²) in [4.78, 5) is 29.0. The number of furan rings is 1. The van der Waals surface area contributed by atoms with E-state index >= 15 is 0 Å². The van der Waals surface area contributed by atoms with Crippen LogP contribution in [-0.2, 0) is 16.1 Å². The second kappa shape index (κ2) is 7.93. The second-order valence-electron chi connectivity index (χ2n) is 6.83. The Balaban J connectivity index is 1.77. The molecule has 3 aromatic rings. The molecule has 4 rings (SSSR count). The fourth-order valence-electron chi connectivity index (χ4n) is 3.12. The number of benzene rings is 2. The summed E-state index contributed by atoms with van der Waals surface area (Å²) in [6.45, 7) is 4.11. The highest BCUT2D eigenvalue weighted by molar-refractivity contribution is 8.04. The molecule has 6 heteroatoms. The van der Waals surface area contributed by atoms with Crippen LogP contribution in [0.3, 0.4) is 0 Å². The van der Waals surface area contributed by atoms with Crippen LogP contribution >= 0.6 is 23.4 Å². The van der Waals surface area contributed by atoms with Gasteiger partial charge in [-0.2, -0.15) is 0 Å². The number of imide groups is 1. The molecular formula is C23H18ClNO3S. The van der Waals surface area contributed by atoms with E-state index in [4.69, 9.17) is 16.0 Å². The Morgan fingerprint density at radius 3 is 2.38 bits per heavy atom. The van der Waals surface area contributed by atoms with Crippen LogP contribution in [0.2, 0.25) is 5.02 Å². The zero-order valence-corrected chi connectivity index (χ0v) is 17.5. The summed E-state index contributed by atoms with van der Waals surface area (Å²) in [5, 5.41) is 0.617. The number of thioether (sulfide) groups is 1. The molecular weight excluding hydrogens is 406 g/mol. The molecule has 146 valence electrons. The van der Waals surface area contributed by atoms with Gasteiger partial charge in [0.05, 0.1) is 23.3 Å². The van der Waals surface area contributed by atoms with Crippen molar-refractivity contribution in [2.75, 3.05) is 0 Å². The van der Waals surface area contributed by atoms with E-state index in [9.17, 15) is 9.59 Å². The third kappa shape index (κ3) is 3.88. The fraction of sp³-hybridized carbons (Fsp3) is 0.130. The van der Waals surface area contributed by atoms with Gasteiger partial charge in [0, 0.05) is 9.92 Å². The van der Waals surface area contributed by atoms with Crippen LogP contribution in [0.15, 0.2) is 75.1 Å². The molecule has 0 bridgehead atoms. The molecule has 2 amide bonds. The molecule has 2 heterocycles. The molecule has 29 heavy (non-hydrogen) atoms. The monoisotopic (exact) mass is 423 g/mol. The quantitative estimate of drug-likeness (QED) is 0.499. The van der Waals surface area contributed by atoms with Gasteiger partial charge in [-0.3, -0.25) is 14.5 Å². The van der Waals surface area contributed by atoms with Gasteiger partial charge in [0.15, 0.2) is 0 Å². The second-order valence-corrected chi connectivity index (χ2v) is 8.36. The van der Waals surface area contributed by atoms with Crippen LogP contribution in [0.5, 0.6) is 0 Å². The Bertz CT molecular complexity index is 1120. The van der Waals surface area contributed by atoms with E-state index in [0.29, 0.717) is 21.3 Å². The van der Waals surface area contributed by atoms with Crippen molar-refractivity contribution >= 4 is 40.8 Å². The van der Waals surface area contributed by atoms with Gasteiger partial charge in [-0.15, -0.1) is 0 Å². The summed E-state index contributed by atoms with van der Waals surface area (Å²) in [5.41, 5.74) is 3.36. The van der Waals surface area contributed by atoms with Crippen LogP contribution in [-0.4, -0.2) is 16.7 Å². The Hall–Kier alpha value is -2.76. The number of amides is 2. The normalized spacial score (nSPS) is 14.2. The van der Waals surface area contributed by atoms with E-state index in [2.05, 4.69) is 0 Å². The lowest BCUT2D eigenvalue weighted by Crippen LogP contribution is -2.30. The molecule has 0 N–H and O–H groups in total. The first-order chi connectivity index (χ1) is 13.9. The van der Waals surface area contributed by atoms with Crippen molar-refractivity contribution in [2.24, 2.45) is 0 Å². The lowest BCUT2D eigenvalue weighted by molar-refractivity contribution is -0.137. The maximum absolute atomic E-state index is 13.3. The van der Waals surface area contributed by atoms with Gasteiger partial charge < -0.3 is 4.42 Å². The first-order valence-corrected chi connectivity index (χ1v) is 10.3. The molecule has 0 atom stereocenters. The highest BCUT2D eigenvalue weighted by Crippen LogP contribution is 2.40. The van der Waals surface area contributed by atoms with Crippen molar-refractivity contribution < 1.29 is 14.0 Å². The Labute approximate surface area is 178 Å². The molecule has 1 aromatic heterocycles. The molecule has 2 aromatic carbocycles. The van der Waals surface area contributed by atoms with Gasteiger partial charge in [0.1, 0.15) is 5.76 Å². The predicted octanol–water partition coefficient (Wildman–Crippen LogP) is 5.62. The summed E-state index contributed by atoms with van der Waals surface area (Å²) in [7, 11) is 0. The third-order valence-corrected chi connectivity index (χ3v) is 6.19. The number of carbonyl (C=O) groups excluding carboxylic acids is 2. The van der Waals surface area contributed by atoms with E-state index < -0.39 is 0 Å². The summed E-state index contributed by atoms with van der Waals surface area (Å²) in [6.07, 6.45) is 1.53. The van der Waals surface area contributed by atoms with Gasteiger partial charge >= 0.3 is 0 Å². The number of rotatable bonds is 5. The van der Waals surface area contributed by atoms with Crippen molar-refractivity contribution in [2.45, 2.75) is 25.3 Å². The van der Waals surface area contributed by atoms with Gasteiger partial charge in [-0.05, 0) is 66.9 Å². The van der Waals surface area contributed by atoms with Crippen LogP contribution in [0, 0.1) is 13.8 Å². The maximum atomic E-state index is 13.3. The van der Waals surface area contributed by atoms with Crippen LogP contribution in [0.1, 0.15) is 22.5 Å². The minimum Gasteiger partial charge on any atom is -0.467 e. The first kappa shape index (κ1) is 19.6. The highest BCUT2D eigenvalue weighted by Gasteiger charge is 2.39. The zero-order valence-electron chi connectivity index (χ0n) is 15.9. The third-order valence-electron chi connectivity index (χ3n) is 4.85.